The zero-order valence-electron chi connectivity index (χ0n) is 13.4. The first-order valence-electron chi connectivity index (χ1n) is 7.23. The SMILES string of the molecule is COc1ccc(NC(=O)N(C)CCOc2ccc(Cl)cc2)cc1F. The number of hydrogen-bond donors (Lipinski definition) is 1. The van der Waals surface area contributed by atoms with Gasteiger partial charge in [-0.25, -0.2) is 9.18 Å². The highest BCUT2D eigenvalue weighted by Crippen LogP contribution is 2.20. The predicted octanol–water partition coefficient (Wildman–Crippen LogP) is 4.03. The maximum Gasteiger partial charge on any atom is 0.321 e. The molecule has 0 aromatic heterocycles. The molecule has 2 amide bonds. The summed E-state index contributed by atoms with van der Waals surface area (Å²) >= 11 is 5.79. The number of carbonyl (C=O) groups excluding carboxylic acids is 1. The Morgan fingerprint density at radius 3 is 2.58 bits per heavy atom. The van der Waals surface area contributed by atoms with Crippen molar-refractivity contribution in [3.05, 3.63) is 53.3 Å². The first kappa shape index (κ1) is 17.9. The van der Waals surface area contributed by atoms with Crippen LogP contribution >= 0.6 is 11.6 Å². The van der Waals surface area contributed by atoms with Gasteiger partial charge in [0.2, 0.25) is 0 Å². The normalized spacial score (nSPS) is 10.2. The Balaban J connectivity index is 1.81. The molecule has 1 N–H and O–H groups in total. The van der Waals surface area contributed by atoms with Crippen molar-refractivity contribution >= 4 is 23.3 Å². The fraction of sp³-hybridized carbons (Fsp3) is 0.235. The number of carbonyl (C=O) groups is 1. The zero-order chi connectivity index (χ0) is 17.5. The minimum absolute atomic E-state index is 0.123. The first-order chi connectivity index (χ1) is 11.5. The number of benzene rings is 2. The quantitative estimate of drug-likeness (QED) is 0.854. The van der Waals surface area contributed by atoms with E-state index in [9.17, 15) is 9.18 Å². The smallest absolute Gasteiger partial charge is 0.321 e. The second-order valence-electron chi connectivity index (χ2n) is 5.00. The van der Waals surface area contributed by atoms with Gasteiger partial charge in [-0.1, -0.05) is 11.6 Å². The minimum Gasteiger partial charge on any atom is -0.494 e. The predicted molar refractivity (Wildman–Crippen MR) is 91.5 cm³/mol. The Hall–Kier alpha value is -2.47. The van der Waals surface area contributed by atoms with Crippen molar-refractivity contribution in [2.45, 2.75) is 0 Å². The molecule has 128 valence electrons. The van der Waals surface area contributed by atoms with Crippen molar-refractivity contribution in [3.8, 4) is 11.5 Å². The van der Waals surface area contributed by atoms with Crippen LogP contribution in [0.25, 0.3) is 0 Å². The van der Waals surface area contributed by atoms with Gasteiger partial charge in [-0.15, -0.1) is 0 Å². The number of anilines is 1. The number of methoxy groups -OCH3 is 1. The van der Waals surface area contributed by atoms with Crippen LogP contribution in [0.5, 0.6) is 11.5 Å². The van der Waals surface area contributed by atoms with Gasteiger partial charge in [-0.2, -0.15) is 0 Å². The third kappa shape index (κ3) is 5.03. The van der Waals surface area contributed by atoms with E-state index in [0.29, 0.717) is 29.6 Å². The van der Waals surface area contributed by atoms with Gasteiger partial charge in [0, 0.05) is 23.8 Å². The van der Waals surface area contributed by atoms with Crippen LogP contribution in [0.2, 0.25) is 5.02 Å². The van der Waals surface area contributed by atoms with Crippen LogP contribution in [0.15, 0.2) is 42.5 Å². The molecule has 0 saturated heterocycles. The lowest BCUT2D eigenvalue weighted by Gasteiger charge is -2.18. The summed E-state index contributed by atoms with van der Waals surface area (Å²) in [4.78, 5) is 13.5. The van der Waals surface area contributed by atoms with Crippen molar-refractivity contribution in [2.24, 2.45) is 0 Å². The van der Waals surface area contributed by atoms with E-state index >= 15 is 0 Å². The number of hydrogen-bond acceptors (Lipinski definition) is 3. The molecule has 2 aromatic rings. The fourth-order valence-electron chi connectivity index (χ4n) is 1.90. The summed E-state index contributed by atoms with van der Waals surface area (Å²) < 4.78 is 24.0. The lowest BCUT2D eigenvalue weighted by atomic mass is 10.3. The monoisotopic (exact) mass is 352 g/mol. The number of likely N-dealkylation sites (N-methyl/N-ethyl adjacent to an activating group) is 1. The Morgan fingerprint density at radius 1 is 1.25 bits per heavy atom. The minimum atomic E-state index is -0.538. The molecule has 7 heteroatoms. The molecule has 0 unspecified atom stereocenters. The van der Waals surface area contributed by atoms with E-state index in [4.69, 9.17) is 21.1 Å². The van der Waals surface area contributed by atoms with Crippen LogP contribution in [0, 0.1) is 5.82 Å². The van der Waals surface area contributed by atoms with E-state index in [0.717, 1.165) is 0 Å². The highest BCUT2D eigenvalue weighted by Gasteiger charge is 2.10. The molecule has 24 heavy (non-hydrogen) atoms. The summed E-state index contributed by atoms with van der Waals surface area (Å²) in [6.07, 6.45) is 0. The summed E-state index contributed by atoms with van der Waals surface area (Å²) in [5.41, 5.74) is 0.351. The van der Waals surface area contributed by atoms with Crippen LogP contribution in [-0.4, -0.2) is 38.2 Å². The third-order valence-electron chi connectivity index (χ3n) is 3.26. The van der Waals surface area contributed by atoms with Gasteiger partial charge in [0.15, 0.2) is 11.6 Å². The van der Waals surface area contributed by atoms with Crippen LogP contribution in [0.1, 0.15) is 0 Å². The topological polar surface area (TPSA) is 50.8 Å². The van der Waals surface area contributed by atoms with Gasteiger partial charge < -0.3 is 19.7 Å². The number of ether oxygens (including phenoxy) is 2. The molecule has 2 aromatic carbocycles. The van der Waals surface area contributed by atoms with Gasteiger partial charge >= 0.3 is 6.03 Å². The van der Waals surface area contributed by atoms with Crippen molar-refractivity contribution in [1.82, 2.24) is 4.90 Å². The standard InChI is InChI=1S/C17H18ClFN2O3/c1-21(9-10-24-14-6-3-12(18)4-7-14)17(22)20-13-5-8-16(23-2)15(19)11-13/h3-8,11H,9-10H2,1-2H3,(H,20,22). The Bertz CT molecular complexity index is 695. The maximum atomic E-state index is 13.6. The molecule has 0 heterocycles. The van der Waals surface area contributed by atoms with Crippen molar-refractivity contribution in [1.29, 1.82) is 0 Å². The molecular weight excluding hydrogens is 335 g/mol. The summed E-state index contributed by atoms with van der Waals surface area (Å²) in [6.45, 7) is 0.690. The van der Waals surface area contributed by atoms with Crippen molar-refractivity contribution < 1.29 is 18.7 Å². The molecule has 0 atom stereocenters. The van der Waals surface area contributed by atoms with E-state index in [-0.39, 0.29) is 11.8 Å². The van der Waals surface area contributed by atoms with Gasteiger partial charge in [-0.3, -0.25) is 0 Å². The average molecular weight is 353 g/mol. The van der Waals surface area contributed by atoms with Gasteiger partial charge in [-0.05, 0) is 36.4 Å². The summed E-state index contributed by atoms with van der Waals surface area (Å²) in [6, 6.07) is 10.8. The molecule has 0 radical (unpaired) electrons. The molecule has 0 saturated carbocycles. The molecule has 0 bridgehead atoms. The second kappa shape index (κ2) is 8.40. The van der Waals surface area contributed by atoms with Crippen LogP contribution < -0.4 is 14.8 Å². The third-order valence-corrected chi connectivity index (χ3v) is 3.51. The molecular formula is C17H18ClFN2O3. The largest absolute Gasteiger partial charge is 0.494 e. The van der Waals surface area contributed by atoms with Gasteiger partial charge in [0.1, 0.15) is 12.4 Å². The van der Waals surface area contributed by atoms with E-state index in [1.165, 1.54) is 24.1 Å². The second-order valence-corrected chi connectivity index (χ2v) is 5.44. The van der Waals surface area contributed by atoms with Crippen molar-refractivity contribution in [3.63, 3.8) is 0 Å². The lowest BCUT2D eigenvalue weighted by Crippen LogP contribution is -2.34. The molecule has 0 spiro atoms. The van der Waals surface area contributed by atoms with Crippen LogP contribution in [0.3, 0.4) is 0 Å². The Morgan fingerprint density at radius 2 is 1.96 bits per heavy atom. The van der Waals surface area contributed by atoms with Gasteiger partial charge in [0.05, 0.1) is 13.7 Å². The molecule has 0 fully saturated rings. The molecule has 0 aliphatic heterocycles. The highest BCUT2D eigenvalue weighted by molar-refractivity contribution is 6.30. The number of amides is 2. The number of halogens is 2. The maximum absolute atomic E-state index is 13.6. The van der Waals surface area contributed by atoms with E-state index in [1.807, 2.05) is 0 Å². The average Bonchev–Trinajstić information content (AvgIpc) is 2.56. The van der Waals surface area contributed by atoms with Crippen LogP contribution in [-0.2, 0) is 0 Å². The number of nitrogens with zero attached hydrogens (tertiary/aromatic N) is 1. The molecule has 2 rings (SSSR count). The number of urea groups is 1. The summed E-state index contributed by atoms with van der Waals surface area (Å²) in [5.74, 6) is 0.257. The molecule has 0 aliphatic carbocycles. The number of nitrogens with one attached hydrogen (secondary N) is 1. The van der Waals surface area contributed by atoms with E-state index in [1.54, 1.807) is 37.4 Å². The summed E-state index contributed by atoms with van der Waals surface area (Å²) in [5, 5.41) is 3.24. The Kier molecular flexibility index (Phi) is 6.26. The van der Waals surface area contributed by atoms with Crippen LogP contribution in [0.4, 0.5) is 14.9 Å². The zero-order valence-corrected chi connectivity index (χ0v) is 14.1. The number of rotatable bonds is 6. The van der Waals surface area contributed by atoms with E-state index in [2.05, 4.69) is 5.32 Å². The molecule has 5 nitrogen and oxygen atoms in total. The fourth-order valence-corrected chi connectivity index (χ4v) is 2.02. The first-order valence-corrected chi connectivity index (χ1v) is 7.61. The van der Waals surface area contributed by atoms with E-state index < -0.39 is 5.82 Å². The Labute approximate surface area is 144 Å². The highest BCUT2D eigenvalue weighted by atomic mass is 35.5. The molecule has 0 aliphatic rings. The summed E-state index contributed by atoms with van der Waals surface area (Å²) in [7, 11) is 3.01. The van der Waals surface area contributed by atoms with Crippen molar-refractivity contribution in [2.75, 3.05) is 32.6 Å². The lowest BCUT2D eigenvalue weighted by molar-refractivity contribution is 0.207. The van der Waals surface area contributed by atoms with Gasteiger partial charge in [0.25, 0.3) is 0 Å².